The highest BCUT2D eigenvalue weighted by atomic mass is 16.5. The minimum Gasteiger partial charge on any atom is -0.511 e. The second kappa shape index (κ2) is 3.96. The van der Waals surface area contributed by atoms with Crippen LogP contribution in [-0.2, 0) is 9.53 Å². The first-order valence-corrected chi connectivity index (χ1v) is 5.90. The summed E-state index contributed by atoms with van der Waals surface area (Å²) in [6.45, 7) is 5.98. The van der Waals surface area contributed by atoms with Crippen LogP contribution < -0.4 is 0 Å². The van der Waals surface area contributed by atoms with E-state index in [-0.39, 0.29) is 29.7 Å². The van der Waals surface area contributed by atoms with E-state index in [0.29, 0.717) is 5.57 Å². The lowest BCUT2D eigenvalue weighted by Crippen LogP contribution is -2.36. The minimum absolute atomic E-state index is 0.0247. The molecule has 0 aromatic rings. The molecule has 88 valence electrons. The van der Waals surface area contributed by atoms with Gasteiger partial charge in [0, 0.05) is 11.8 Å². The molecule has 0 spiro atoms. The van der Waals surface area contributed by atoms with Crippen LogP contribution in [0.4, 0.5) is 0 Å². The van der Waals surface area contributed by atoms with E-state index in [1.807, 2.05) is 13.8 Å². The Hall–Kier alpha value is -1.25. The molecule has 3 atom stereocenters. The number of aliphatic hydroxyl groups excluding tert-OH is 1. The van der Waals surface area contributed by atoms with Gasteiger partial charge in [-0.3, -0.25) is 0 Å². The Balaban J connectivity index is 2.42. The fraction of sp³-hybridized carbons (Fsp3) is 0.615. The number of cyclic esters (lactones) is 1. The molecule has 1 saturated heterocycles. The molecule has 1 aliphatic heterocycles. The summed E-state index contributed by atoms with van der Waals surface area (Å²) in [4.78, 5) is 11.8. The third kappa shape index (κ3) is 1.55. The van der Waals surface area contributed by atoms with Crippen molar-refractivity contribution in [2.45, 2.75) is 39.7 Å². The maximum atomic E-state index is 11.8. The van der Waals surface area contributed by atoms with Crippen LogP contribution in [0, 0.1) is 11.8 Å². The van der Waals surface area contributed by atoms with E-state index in [1.54, 1.807) is 0 Å². The lowest BCUT2D eigenvalue weighted by molar-refractivity contribution is -0.149. The number of hydrogen-bond donors (Lipinski definition) is 1. The van der Waals surface area contributed by atoms with Crippen LogP contribution in [0.3, 0.4) is 0 Å². The summed E-state index contributed by atoms with van der Waals surface area (Å²) in [5.74, 6) is 0.0492. The first kappa shape index (κ1) is 11.2. The molecule has 2 rings (SSSR count). The van der Waals surface area contributed by atoms with E-state index in [1.165, 1.54) is 0 Å². The van der Waals surface area contributed by atoms with Crippen LogP contribution >= 0.6 is 0 Å². The Kier molecular flexibility index (Phi) is 2.78. The fourth-order valence-electron chi connectivity index (χ4n) is 2.48. The molecule has 16 heavy (non-hydrogen) atoms. The first-order chi connectivity index (χ1) is 7.56. The van der Waals surface area contributed by atoms with Crippen molar-refractivity contribution in [3.05, 3.63) is 23.0 Å². The zero-order valence-corrected chi connectivity index (χ0v) is 9.99. The quantitative estimate of drug-likeness (QED) is 0.694. The van der Waals surface area contributed by atoms with Gasteiger partial charge in [-0.15, -0.1) is 0 Å². The summed E-state index contributed by atoms with van der Waals surface area (Å²) in [7, 11) is 0. The topological polar surface area (TPSA) is 46.5 Å². The summed E-state index contributed by atoms with van der Waals surface area (Å²) in [6, 6.07) is 0. The highest BCUT2D eigenvalue weighted by Crippen LogP contribution is 2.39. The van der Waals surface area contributed by atoms with Crippen LogP contribution in [-0.4, -0.2) is 17.2 Å². The SMILES string of the molecule is CC[C@H]1OC(=O)C2=C(O)C(C)CC=C2[C@@H]1C. The van der Waals surface area contributed by atoms with Gasteiger partial charge in [-0.2, -0.15) is 0 Å². The molecule has 3 nitrogen and oxygen atoms in total. The highest BCUT2D eigenvalue weighted by molar-refractivity contribution is 5.95. The second-order valence-electron chi connectivity index (χ2n) is 4.70. The zero-order valence-electron chi connectivity index (χ0n) is 9.99. The number of hydrogen-bond acceptors (Lipinski definition) is 3. The molecule has 0 aromatic carbocycles. The van der Waals surface area contributed by atoms with E-state index in [0.717, 1.165) is 18.4 Å². The predicted molar refractivity (Wildman–Crippen MR) is 60.9 cm³/mol. The van der Waals surface area contributed by atoms with Crippen LogP contribution in [0.15, 0.2) is 23.0 Å². The van der Waals surface area contributed by atoms with Crippen molar-refractivity contribution in [1.29, 1.82) is 0 Å². The van der Waals surface area contributed by atoms with E-state index in [9.17, 15) is 9.90 Å². The van der Waals surface area contributed by atoms with Crippen LogP contribution in [0.2, 0.25) is 0 Å². The van der Waals surface area contributed by atoms with Crippen molar-refractivity contribution in [3.8, 4) is 0 Å². The molecule has 0 saturated carbocycles. The Labute approximate surface area is 95.8 Å². The first-order valence-electron chi connectivity index (χ1n) is 5.90. The Morgan fingerprint density at radius 3 is 2.81 bits per heavy atom. The number of rotatable bonds is 1. The molecular weight excluding hydrogens is 204 g/mol. The van der Waals surface area contributed by atoms with Gasteiger partial charge >= 0.3 is 5.97 Å². The molecule has 1 N–H and O–H groups in total. The van der Waals surface area contributed by atoms with Crippen molar-refractivity contribution in [1.82, 2.24) is 0 Å². The predicted octanol–water partition coefficient (Wildman–Crippen LogP) is 2.74. The molecule has 0 aromatic heterocycles. The van der Waals surface area contributed by atoms with Crippen LogP contribution in [0.1, 0.15) is 33.6 Å². The summed E-state index contributed by atoms with van der Waals surface area (Å²) >= 11 is 0. The summed E-state index contributed by atoms with van der Waals surface area (Å²) < 4.78 is 5.34. The third-order valence-corrected chi connectivity index (χ3v) is 3.62. The molecule has 1 heterocycles. The second-order valence-corrected chi connectivity index (χ2v) is 4.70. The van der Waals surface area contributed by atoms with Gasteiger partial charge < -0.3 is 9.84 Å². The van der Waals surface area contributed by atoms with E-state index < -0.39 is 0 Å². The average molecular weight is 222 g/mol. The molecule has 1 fully saturated rings. The van der Waals surface area contributed by atoms with Crippen molar-refractivity contribution in [2.24, 2.45) is 11.8 Å². The highest BCUT2D eigenvalue weighted by Gasteiger charge is 2.38. The lowest BCUT2D eigenvalue weighted by atomic mass is 9.79. The average Bonchev–Trinajstić information content (AvgIpc) is 2.27. The number of allylic oxidation sites excluding steroid dienone is 2. The van der Waals surface area contributed by atoms with Gasteiger partial charge in [0.05, 0.1) is 0 Å². The summed E-state index contributed by atoms with van der Waals surface area (Å²) in [5.41, 5.74) is 1.38. The van der Waals surface area contributed by atoms with Gasteiger partial charge in [0.2, 0.25) is 0 Å². The Bertz CT molecular complexity index is 379. The smallest absolute Gasteiger partial charge is 0.342 e. The van der Waals surface area contributed by atoms with Gasteiger partial charge in [0.25, 0.3) is 0 Å². The lowest BCUT2D eigenvalue weighted by Gasteiger charge is -2.35. The third-order valence-electron chi connectivity index (χ3n) is 3.62. The van der Waals surface area contributed by atoms with Gasteiger partial charge in [-0.05, 0) is 18.4 Å². The zero-order chi connectivity index (χ0) is 11.9. The van der Waals surface area contributed by atoms with Gasteiger partial charge in [-0.1, -0.05) is 26.8 Å². The number of ether oxygens (including phenoxy) is 1. The molecular formula is C13H18O3. The molecule has 3 heteroatoms. The molecule has 0 radical (unpaired) electrons. The van der Waals surface area contributed by atoms with Crippen molar-refractivity contribution in [3.63, 3.8) is 0 Å². The van der Waals surface area contributed by atoms with Crippen molar-refractivity contribution >= 4 is 5.97 Å². The number of esters is 1. The molecule has 0 bridgehead atoms. The van der Waals surface area contributed by atoms with E-state index in [2.05, 4.69) is 13.0 Å². The van der Waals surface area contributed by atoms with E-state index >= 15 is 0 Å². The largest absolute Gasteiger partial charge is 0.511 e. The molecule has 1 unspecified atom stereocenters. The number of carbonyl (C=O) groups excluding carboxylic acids is 1. The summed E-state index contributed by atoms with van der Waals surface area (Å²) in [6.07, 6.45) is 3.64. The van der Waals surface area contributed by atoms with Gasteiger partial charge in [0.15, 0.2) is 0 Å². The molecule has 0 amide bonds. The van der Waals surface area contributed by atoms with Crippen molar-refractivity contribution < 1.29 is 14.6 Å². The molecule has 1 aliphatic carbocycles. The Morgan fingerprint density at radius 2 is 2.19 bits per heavy atom. The van der Waals surface area contributed by atoms with Gasteiger partial charge in [-0.25, -0.2) is 4.79 Å². The van der Waals surface area contributed by atoms with E-state index in [4.69, 9.17) is 4.74 Å². The monoisotopic (exact) mass is 222 g/mol. The number of fused-ring (bicyclic) bond motifs is 1. The summed E-state index contributed by atoms with van der Waals surface area (Å²) in [5, 5.41) is 9.96. The molecule has 2 aliphatic rings. The Morgan fingerprint density at radius 1 is 1.50 bits per heavy atom. The van der Waals surface area contributed by atoms with Crippen molar-refractivity contribution in [2.75, 3.05) is 0 Å². The maximum absolute atomic E-state index is 11.8. The normalized spacial score (nSPS) is 34.3. The fourth-order valence-corrected chi connectivity index (χ4v) is 2.48. The minimum atomic E-state index is -0.361. The standard InChI is InChI=1S/C13H18O3/c1-4-10-8(3)9-6-5-7(2)12(14)11(9)13(15)16-10/h6-8,10,14H,4-5H2,1-3H3/t7?,8-,10+/m0/s1. The number of carbonyl (C=O) groups is 1. The number of aliphatic hydroxyl groups is 1. The van der Waals surface area contributed by atoms with Crippen LogP contribution in [0.5, 0.6) is 0 Å². The van der Waals surface area contributed by atoms with Crippen LogP contribution in [0.25, 0.3) is 0 Å². The maximum Gasteiger partial charge on any atom is 0.342 e. The van der Waals surface area contributed by atoms with Gasteiger partial charge in [0.1, 0.15) is 17.4 Å².